The van der Waals surface area contributed by atoms with Crippen molar-refractivity contribution in [3.05, 3.63) is 35.4 Å². The van der Waals surface area contributed by atoms with Gasteiger partial charge in [0.2, 0.25) is 0 Å². The Labute approximate surface area is 125 Å². The molecule has 21 heavy (non-hydrogen) atoms. The molecule has 4 nitrogen and oxygen atoms in total. The highest BCUT2D eigenvalue weighted by Crippen LogP contribution is 2.37. The number of hydroxylamine groups is 1. The average molecular weight is 289 g/mol. The second-order valence-corrected chi connectivity index (χ2v) is 6.54. The Kier molecular flexibility index (Phi) is 4.30. The minimum Gasteiger partial charge on any atom is -0.297 e. The fourth-order valence-corrected chi connectivity index (χ4v) is 2.69. The van der Waals surface area contributed by atoms with E-state index in [9.17, 15) is 9.59 Å². The fourth-order valence-electron chi connectivity index (χ4n) is 2.69. The van der Waals surface area contributed by atoms with E-state index in [1.54, 1.807) is 6.07 Å². The van der Waals surface area contributed by atoms with E-state index < -0.39 is 11.1 Å². The molecule has 0 aromatic heterocycles. The Morgan fingerprint density at radius 2 is 1.90 bits per heavy atom. The van der Waals surface area contributed by atoms with Crippen LogP contribution in [0.4, 0.5) is 0 Å². The molecular weight excluding hydrogens is 266 g/mol. The Hall–Kier alpha value is -1.52. The van der Waals surface area contributed by atoms with Crippen LogP contribution >= 0.6 is 0 Å². The zero-order valence-electron chi connectivity index (χ0n) is 13.2. The number of hydrogen-bond acceptors (Lipinski definition) is 4. The number of nitrogens with one attached hydrogen (secondary N) is 1. The van der Waals surface area contributed by atoms with Gasteiger partial charge in [-0.3, -0.25) is 14.4 Å². The molecular formula is C17H23NO3. The summed E-state index contributed by atoms with van der Waals surface area (Å²) in [4.78, 5) is 30.4. The van der Waals surface area contributed by atoms with Crippen molar-refractivity contribution in [2.75, 3.05) is 0 Å². The third-order valence-electron chi connectivity index (χ3n) is 3.64. The van der Waals surface area contributed by atoms with E-state index in [0.29, 0.717) is 12.0 Å². The van der Waals surface area contributed by atoms with Gasteiger partial charge in [-0.15, -0.1) is 0 Å². The van der Waals surface area contributed by atoms with E-state index in [2.05, 4.69) is 5.48 Å². The molecule has 1 aliphatic rings. The Balaban J connectivity index is 2.49. The van der Waals surface area contributed by atoms with E-state index in [1.165, 1.54) is 0 Å². The first-order valence-corrected chi connectivity index (χ1v) is 7.41. The van der Waals surface area contributed by atoms with Gasteiger partial charge in [-0.05, 0) is 32.8 Å². The molecule has 0 saturated carbocycles. The molecule has 1 aromatic carbocycles. The molecule has 1 N–H and O–H groups in total. The number of fused-ring (bicyclic) bond motifs is 1. The van der Waals surface area contributed by atoms with Crippen molar-refractivity contribution in [3.8, 4) is 0 Å². The predicted molar refractivity (Wildman–Crippen MR) is 81.0 cm³/mol. The first-order valence-electron chi connectivity index (χ1n) is 7.41. The lowest BCUT2D eigenvalue weighted by atomic mass is 9.73. The van der Waals surface area contributed by atoms with Crippen LogP contribution in [0.3, 0.4) is 0 Å². The van der Waals surface area contributed by atoms with Gasteiger partial charge >= 0.3 is 0 Å². The number of carbonyl (C=O) groups is 2. The molecule has 1 aromatic rings. The lowest BCUT2D eigenvalue weighted by Crippen LogP contribution is -2.54. The van der Waals surface area contributed by atoms with E-state index in [-0.39, 0.29) is 18.0 Å². The van der Waals surface area contributed by atoms with Gasteiger partial charge in [0, 0.05) is 5.56 Å². The summed E-state index contributed by atoms with van der Waals surface area (Å²) >= 11 is 0. The number of hydrogen-bond donors (Lipinski definition) is 1. The monoisotopic (exact) mass is 289 g/mol. The minimum atomic E-state index is -0.924. The molecule has 0 bridgehead atoms. The zero-order chi connectivity index (χ0) is 15.7. The standard InChI is InChI=1S/C17H23NO3/c1-5-10-17(18-21-16(2,3)4)13-9-7-6-8-12(13)14(19)11-15(17)20/h6-9,18H,5,10-11H2,1-4H3. The highest BCUT2D eigenvalue weighted by atomic mass is 16.7. The minimum absolute atomic E-state index is 0.0719. The van der Waals surface area contributed by atoms with Crippen LogP contribution in [0.2, 0.25) is 0 Å². The molecule has 0 saturated heterocycles. The first-order chi connectivity index (χ1) is 9.80. The van der Waals surface area contributed by atoms with Crippen molar-refractivity contribution in [1.29, 1.82) is 0 Å². The molecule has 0 amide bonds. The highest BCUT2D eigenvalue weighted by Gasteiger charge is 2.46. The summed E-state index contributed by atoms with van der Waals surface area (Å²) in [5.41, 5.74) is 3.01. The normalized spacial score (nSPS) is 22.3. The van der Waals surface area contributed by atoms with Gasteiger partial charge in [0.05, 0.1) is 12.0 Å². The van der Waals surface area contributed by atoms with Gasteiger partial charge < -0.3 is 0 Å². The number of rotatable bonds is 4. The number of carbonyl (C=O) groups excluding carboxylic acids is 2. The second-order valence-electron chi connectivity index (χ2n) is 6.54. The van der Waals surface area contributed by atoms with Crippen LogP contribution in [0, 0.1) is 0 Å². The molecule has 1 atom stereocenters. The SMILES string of the molecule is CCCC1(NOC(C)(C)C)C(=O)CC(=O)c2ccccc21. The molecule has 114 valence electrons. The first kappa shape index (κ1) is 15.9. The van der Waals surface area contributed by atoms with Crippen molar-refractivity contribution < 1.29 is 14.4 Å². The zero-order valence-corrected chi connectivity index (χ0v) is 13.2. The van der Waals surface area contributed by atoms with Gasteiger partial charge in [0.15, 0.2) is 11.6 Å². The van der Waals surface area contributed by atoms with Gasteiger partial charge in [-0.25, -0.2) is 0 Å². The summed E-state index contributed by atoms with van der Waals surface area (Å²) in [5.74, 6) is -0.225. The van der Waals surface area contributed by atoms with Crippen LogP contribution in [0.1, 0.15) is 62.9 Å². The summed E-state index contributed by atoms with van der Waals surface area (Å²) in [5, 5.41) is 0. The topological polar surface area (TPSA) is 55.4 Å². The van der Waals surface area contributed by atoms with Gasteiger partial charge in [0.25, 0.3) is 0 Å². The molecule has 0 spiro atoms. The van der Waals surface area contributed by atoms with Crippen LogP contribution in [0.5, 0.6) is 0 Å². The highest BCUT2D eigenvalue weighted by molar-refractivity contribution is 6.15. The summed E-state index contributed by atoms with van der Waals surface area (Å²) in [6.07, 6.45) is 1.35. The summed E-state index contributed by atoms with van der Waals surface area (Å²) in [6, 6.07) is 7.31. The van der Waals surface area contributed by atoms with Crippen molar-refractivity contribution in [2.24, 2.45) is 0 Å². The van der Waals surface area contributed by atoms with Crippen molar-refractivity contribution in [1.82, 2.24) is 5.48 Å². The summed E-state index contributed by atoms with van der Waals surface area (Å²) < 4.78 is 0. The van der Waals surface area contributed by atoms with Crippen molar-refractivity contribution in [3.63, 3.8) is 0 Å². The van der Waals surface area contributed by atoms with E-state index in [1.807, 2.05) is 45.9 Å². The third kappa shape index (κ3) is 3.06. The quantitative estimate of drug-likeness (QED) is 0.683. The van der Waals surface area contributed by atoms with E-state index in [4.69, 9.17) is 4.84 Å². The van der Waals surface area contributed by atoms with Crippen LogP contribution < -0.4 is 5.48 Å². The van der Waals surface area contributed by atoms with Gasteiger partial charge in [0.1, 0.15) is 5.54 Å². The van der Waals surface area contributed by atoms with Crippen LogP contribution in [0.25, 0.3) is 0 Å². The van der Waals surface area contributed by atoms with Gasteiger partial charge in [-0.1, -0.05) is 37.6 Å². The smallest absolute Gasteiger partial charge is 0.170 e. The van der Waals surface area contributed by atoms with Crippen LogP contribution in [0.15, 0.2) is 24.3 Å². The lowest BCUT2D eigenvalue weighted by molar-refractivity contribution is -0.148. The predicted octanol–water partition coefficient (Wildman–Crippen LogP) is 3.16. The molecule has 2 rings (SSSR count). The summed E-state index contributed by atoms with van der Waals surface area (Å²) in [6.45, 7) is 7.78. The molecule has 4 heteroatoms. The molecule has 0 radical (unpaired) electrons. The number of ketones is 2. The molecule has 1 unspecified atom stereocenters. The molecule has 0 heterocycles. The average Bonchev–Trinajstić information content (AvgIpc) is 2.41. The maximum absolute atomic E-state index is 12.6. The van der Waals surface area contributed by atoms with Crippen molar-refractivity contribution >= 4 is 11.6 Å². The largest absolute Gasteiger partial charge is 0.297 e. The van der Waals surface area contributed by atoms with Crippen LogP contribution in [-0.4, -0.2) is 17.2 Å². The Morgan fingerprint density at radius 1 is 1.24 bits per heavy atom. The summed E-state index contributed by atoms with van der Waals surface area (Å²) in [7, 11) is 0. The van der Waals surface area contributed by atoms with E-state index in [0.717, 1.165) is 12.0 Å². The number of benzene rings is 1. The Bertz CT molecular complexity index is 559. The fraction of sp³-hybridized carbons (Fsp3) is 0.529. The second kappa shape index (κ2) is 5.70. The van der Waals surface area contributed by atoms with Gasteiger partial charge in [-0.2, -0.15) is 5.48 Å². The van der Waals surface area contributed by atoms with E-state index >= 15 is 0 Å². The molecule has 0 aliphatic heterocycles. The van der Waals surface area contributed by atoms with Crippen molar-refractivity contribution in [2.45, 2.75) is 58.1 Å². The lowest BCUT2D eigenvalue weighted by Gasteiger charge is -2.39. The maximum Gasteiger partial charge on any atom is 0.170 e. The molecule has 1 aliphatic carbocycles. The Morgan fingerprint density at radius 3 is 2.52 bits per heavy atom. The third-order valence-corrected chi connectivity index (χ3v) is 3.64. The maximum atomic E-state index is 12.6. The van der Waals surface area contributed by atoms with Crippen LogP contribution in [-0.2, 0) is 15.2 Å². The molecule has 0 fully saturated rings. The number of Topliss-reactive ketones (excluding diaryl/α,β-unsaturated/α-hetero) is 2.